The van der Waals surface area contributed by atoms with Gasteiger partial charge in [-0.3, -0.25) is 9.59 Å². The van der Waals surface area contributed by atoms with Crippen molar-refractivity contribution in [2.24, 2.45) is 0 Å². The highest BCUT2D eigenvalue weighted by atomic mass is 16.7. The number of amides is 2. The van der Waals surface area contributed by atoms with Gasteiger partial charge in [-0.05, 0) is 0 Å². The lowest BCUT2D eigenvalue weighted by Gasteiger charge is -2.48. The van der Waals surface area contributed by atoms with Crippen molar-refractivity contribution in [2.75, 3.05) is 26.9 Å². The fraction of sp³-hybridized carbons (Fsp3) is 0.913. The Bertz CT molecular complexity index is 870. The van der Waals surface area contributed by atoms with E-state index in [1.165, 1.54) is 7.11 Å². The highest BCUT2D eigenvalue weighted by Gasteiger charge is 2.52. The Morgan fingerprint density at radius 3 is 1.83 bits per heavy atom. The van der Waals surface area contributed by atoms with Crippen LogP contribution in [0.3, 0.4) is 0 Å². The van der Waals surface area contributed by atoms with Crippen LogP contribution in [-0.4, -0.2) is 172 Å². The first kappa shape index (κ1) is 33.9. The van der Waals surface area contributed by atoms with Crippen molar-refractivity contribution in [3.63, 3.8) is 0 Å². The lowest BCUT2D eigenvalue weighted by atomic mass is 9.95. The molecule has 6 unspecified atom stereocenters. The van der Waals surface area contributed by atoms with Gasteiger partial charge < -0.3 is 79.9 Å². The molecule has 0 radical (unpaired) electrons. The first-order valence-electron chi connectivity index (χ1n) is 12.9. The van der Waals surface area contributed by atoms with Crippen LogP contribution in [-0.2, 0) is 38.0 Å². The van der Waals surface area contributed by atoms with Crippen LogP contribution in [0.4, 0.5) is 0 Å². The molecule has 3 aliphatic heterocycles. The molecule has 3 rings (SSSR count). The molecule has 18 heteroatoms. The SMILES string of the molecule is COCC1O[C@@H](O[C@@H]2C(NC(C)=O)[C@H](OCC3O[C@H](O)C(NC(C)=O)[C@@H](O)[C@@H]3O)OC(CO)[C@@H]2O)C(O)[C@@H](O)[C@H]1O. The molecule has 238 valence electrons. The van der Waals surface area contributed by atoms with Crippen molar-refractivity contribution in [3.05, 3.63) is 0 Å². The Hall–Kier alpha value is -1.62. The predicted octanol–water partition coefficient (Wildman–Crippen LogP) is -6.63. The van der Waals surface area contributed by atoms with E-state index in [9.17, 15) is 50.4 Å². The van der Waals surface area contributed by atoms with Gasteiger partial charge in [0.2, 0.25) is 11.8 Å². The maximum Gasteiger partial charge on any atom is 0.217 e. The van der Waals surface area contributed by atoms with Crippen LogP contribution in [0.1, 0.15) is 13.8 Å². The van der Waals surface area contributed by atoms with Gasteiger partial charge in [-0.2, -0.15) is 0 Å². The summed E-state index contributed by atoms with van der Waals surface area (Å²) in [7, 11) is 1.32. The third-order valence-electron chi connectivity index (χ3n) is 7.03. The van der Waals surface area contributed by atoms with E-state index >= 15 is 0 Å². The molecule has 3 fully saturated rings. The molecule has 18 nitrogen and oxygen atoms in total. The zero-order valence-electron chi connectivity index (χ0n) is 22.6. The Labute approximate surface area is 234 Å². The van der Waals surface area contributed by atoms with Crippen molar-refractivity contribution in [1.29, 1.82) is 0 Å². The van der Waals surface area contributed by atoms with E-state index in [1.807, 2.05) is 0 Å². The summed E-state index contributed by atoms with van der Waals surface area (Å²) in [6.07, 6.45) is -20.2. The second-order valence-electron chi connectivity index (χ2n) is 10.1. The molecule has 3 heterocycles. The lowest BCUT2D eigenvalue weighted by molar-refractivity contribution is -0.348. The fourth-order valence-corrected chi connectivity index (χ4v) is 4.91. The predicted molar refractivity (Wildman–Crippen MR) is 129 cm³/mol. The minimum absolute atomic E-state index is 0.189. The number of carbonyl (C=O) groups excluding carboxylic acids is 2. The molecule has 41 heavy (non-hydrogen) atoms. The third-order valence-corrected chi connectivity index (χ3v) is 7.03. The van der Waals surface area contributed by atoms with Gasteiger partial charge in [-0.1, -0.05) is 0 Å². The molecule has 0 aromatic rings. The van der Waals surface area contributed by atoms with Crippen molar-refractivity contribution in [1.82, 2.24) is 10.6 Å². The number of aliphatic hydroxyl groups is 8. The highest BCUT2D eigenvalue weighted by Crippen LogP contribution is 2.30. The number of rotatable bonds is 10. The molecular formula is C23H40N2O16. The Morgan fingerprint density at radius 2 is 1.24 bits per heavy atom. The van der Waals surface area contributed by atoms with E-state index in [1.54, 1.807) is 0 Å². The first-order valence-corrected chi connectivity index (χ1v) is 12.9. The van der Waals surface area contributed by atoms with Gasteiger partial charge >= 0.3 is 0 Å². The van der Waals surface area contributed by atoms with Crippen molar-refractivity contribution in [2.45, 2.75) is 106 Å². The van der Waals surface area contributed by atoms with Crippen LogP contribution < -0.4 is 10.6 Å². The van der Waals surface area contributed by atoms with Crippen LogP contribution in [0.15, 0.2) is 0 Å². The Morgan fingerprint density at radius 1 is 0.683 bits per heavy atom. The fourth-order valence-electron chi connectivity index (χ4n) is 4.91. The third kappa shape index (κ3) is 7.86. The molecule has 0 aliphatic carbocycles. The largest absolute Gasteiger partial charge is 0.394 e. The summed E-state index contributed by atoms with van der Waals surface area (Å²) in [4.78, 5) is 23.4. The van der Waals surface area contributed by atoms with Gasteiger partial charge in [0.05, 0.1) is 19.8 Å². The molecule has 3 aliphatic rings. The zero-order valence-corrected chi connectivity index (χ0v) is 22.6. The maximum absolute atomic E-state index is 12.1. The van der Waals surface area contributed by atoms with Crippen molar-refractivity contribution < 1.29 is 78.9 Å². The molecule has 10 N–H and O–H groups in total. The van der Waals surface area contributed by atoms with Gasteiger partial charge in [0.1, 0.15) is 73.1 Å². The molecule has 0 spiro atoms. The molecule has 0 aromatic heterocycles. The van der Waals surface area contributed by atoms with Gasteiger partial charge in [-0.25, -0.2) is 0 Å². The van der Waals surface area contributed by atoms with E-state index in [-0.39, 0.29) is 6.61 Å². The number of carbonyl (C=O) groups is 2. The number of ether oxygens (including phenoxy) is 6. The van der Waals surface area contributed by atoms with Crippen molar-refractivity contribution in [3.8, 4) is 0 Å². The van der Waals surface area contributed by atoms with Crippen LogP contribution in [0, 0.1) is 0 Å². The highest BCUT2D eigenvalue weighted by molar-refractivity contribution is 5.73. The molecule has 0 bridgehead atoms. The Balaban J connectivity index is 1.79. The number of aliphatic hydroxyl groups excluding tert-OH is 8. The molecular weight excluding hydrogens is 560 g/mol. The van der Waals surface area contributed by atoms with Crippen LogP contribution in [0.25, 0.3) is 0 Å². The molecule has 3 saturated heterocycles. The molecule has 15 atom stereocenters. The van der Waals surface area contributed by atoms with E-state index in [4.69, 9.17) is 28.4 Å². The summed E-state index contributed by atoms with van der Waals surface area (Å²) in [5.41, 5.74) is 0. The monoisotopic (exact) mass is 600 g/mol. The summed E-state index contributed by atoms with van der Waals surface area (Å²) in [5.74, 6) is -1.22. The topological polar surface area (TPSA) is 275 Å². The number of hydrogen-bond donors (Lipinski definition) is 10. The minimum Gasteiger partial charge on any atom is -0.394 e. The van der Waals surface area contributed by atoms with Crippen LogP contribution in [0.2, 0.25) is 0 Å². The number of methoxy groups -OCH3 is 1. The first-order chi connectivity index (χ1) is 19.3. The average molecular weight is 601 g/mol. The second kappa shape index (κ2) is 14.7. The van der Waals surface area contributed by atoms with Crippen LogP contribution in [0.5, 0.6) is 0 Å². The summed E-state index contributed by atoms with van der Waals surface area (Å²) >= 11 is 0. The van der Waals surface area contributed by atoms with Gasteiger partial charge in [0.15, 0.2) is 18.9 Å². The van der Waals surface area contributed by atoms with E-state index in [0.717, 1.165) is 13.8 Å². The molecule has 0 saturated carbocycles. The average Bonchev–Trinajstić information content (AvgIpc) is 2.91. The Kier molecular flexibility index (Phi) is 12.2. The van der Waals surface area contributed by atoms with Gasteiger partial charge in [-0.15, -0.1) is 0 Å². The zero-order chi connectivity index (χ0) is 30.6. The number of nitrogens with one attached hydrogen (secondary N) is 2. The van der Waals surface area contributed by atoms with Gasteiger partial charge in [0, 0.05) is 21.0 Å². The standard InChI is InChI=1S/C23H40N2O16/c1-7(27)24-12-17(32)14(29)11(38-21(12)35)6-37-22-13(25-8(2)28)20(16(31)9(4-26)39-22)41-23-19(34)18(33)15(30)10(40-23)5-36-3/h9-23,26,29-35H,4-6H2,1-3H3,(H,24,27)(H,25,28)/t9?,10?,11?,12?,13?,14-,15+,16+,17-,18+,19?,20-,21+,22-,23+/m1/s1. The summed E-state index contributed by atoms with van der Waals surface area (Å²) in [6.45, 7) is 0.778. The smallest absolute Gasteiger partial charge is 0.217 e. The van der Waals surface area contributed by atoms with E-state index in [0.29, 0.717) is 0 Å². The van der Waals surface area contributed by atoms with E-state index < -0.39 is 117 Å². The molecule has 0 aromatic carbocycles. The van der Waals surface area contributed by atoms with Gasteiger partial charge in [0.25, 0.3) is 0 Å². The summed E-state index contributed by atoms with van der Waals surface area (Å²) in [5, 5.41) is 87.6. The lowest BCUT2D eigenvalue weighted by Crippen LogP contribution is -2.68. The normalized spacial score (nSPS) is 45.2. The minimum atomic E-state index is -1.80. The van der Waals surface area contributed by atoms with Crippen molar-refractivity contribution >= 4 is 11.8 Å². The summed E-state index contributed by atoms with van der Waals surface area (Å²) in [6, 6.07) is -2.69. The maximum atomic E-state index is 12.1. The summed E-state index contributed by atoms with van der Waals surface area (Å²) < 4.78 is 32.9. The number of hydrogen-bond acceptors (Lipinski definition) is 16. The van der Waals surface area contributed by atoms with Crippen LogP contribution >= 0.6 is 0 Å². The second-order valence-corrected chi connectivity index (χ2v) is 10.1. The van der Waals surface area contributed by atoms with E-state index in [2.05, 4.69) is 10.6 Å². The molecule has 2 amide bonds. The quantitative estimate of drug-likeness (QED) is 0.112.